The molecule has 1 rings (SSSR count). The molecule has 0 aliphatic carbocycles. The lowest BCUT2D eigenvalue weighted by Crippen LogP contribution is -2.34. The Balaban J connectivity index is 2.76. The molecule has 0 aromatic heterocycles. The van der Waals surface area contributed by atoms with Crippen molar-refractivity contribution in [1.82, 2.24) is 0 Å². The summed E-state index contributed by atoms with van der Waals surface area (Å²) in [5.41, 5.74) is 7.62. The molecule has 1 unspecified atom stereocenters. The Hall–Kier alpha value is -1.56. The number of anilines is 2. The van der Waals surface area contributed by atoms with Crippen molar-refractivity contribution in [2.75, 3.05) is 16.8 Å². The van der Waals surface area contributed by atoms with Crippen molar-refractivity contribution in [3.8, 4) is 0 Å². The van der Waals surface area contributed by atoms with Crippen LogP contribution in [0.1, 0.15) is 38.7 Å². The summed E-state index contributed by atoms with van der Waals surface area (Å²) in [6.45, 7) is 5.22. The monoisotopic (exact) mass is 312 g/mol. The molecule has 1 aromatic rings. The molecule has 0 radical (unpaired) electrons. The number of carbonyl (C=O) groups excluding carboxylic acids is 1. The van der Waals surface area contributed by atoms with Crippen molar-refractivity contribution in [2.45, 2.75) is 45.3 Å². The Labute approximate surface area is 126 Å². The summed E-state index contributed by atoms with van der Waals surface area (Å²) in [5.74, 6) is -0.467. The minimum absolute atomic E-state index is 0.0470. The Morgan fingerprint density at radius 3 is 2.62 bits per heavy atom. The molecule has 5 nitrogen and oxygen atoms in total. The summed E-state index contributed by atoms with van der Waals surface area (Å²) in [6.07, 6.45) is 2.38. The highest BCUT2D eigenvalue weighted by Gasteiger charge is 2.27. The van der Waals surface area contributed by atoms with E-state index >= 15 is 0 Å². The molecule has 0 fully saturated rings. The van der Waals surface area contributed by atoms with Crippen LogP contribution < -0.4 is 11.1 Å². The number of sulfone groups is 1. The normalized spacial score (nSPS) is 12.9. The van der Waals surface area contributed by atoms with Crippen LogP contribution in [0.15, 0.2) is 18.2 Å². The van der Waals surface area contributed by atoms with E-state index in [9.17, 15) is 13.2 Å². The quantitative estimate of drug-likeness (QED) is 0.598. The van der Waals surface area contributed by atoms with Crippen LogP contribution >= 0.6 is 0 Å². The van der Waals surface area contributed by atoms with Gasteiger partial charge in [0.15, 0.2) is 9.84 Å². The molecule has 0 aliphatic rings. The van der Waals surface area contributed by atoms with E-state index in [1.807, 2.05) is 6.92 Å². The second-order valence-electron chi connectivity index (χ2n) is 5.23. The van der Waals surface area contributed by atoms with Crippen molar-refractivity contribution < 1.29 is 13.2 Å². The molecule has 3 N–H and O–H groups in total. The first-order valence-corrected chi connectivity index (χ1v) is 8.88. The van der Waals surface area contributed by atoms with E-state index in [-0.39, 0.29) is 5.75 Å². The molecule has 0 heterocycles. The van der Waals surface area contributed by atoms with Crippen LogP contribution in [0, 0.1) is 6.92 Å². The molecule has 118 valence electrons. The zero-order valence-electron chi connectivity index (χ0n) is 12.8. The molecule has 0 saturated heterocycles. The van der Waals surface area contributed by atoms with Gasteiger partial charge in [0, 0.05) is 11.4 Å². The summed E-state index contributed by atoms with van der Waals surface area (Å²) in [6, 6.07) is 5.16. The van der Waals surface area contributed by atoms with E-state index in [1.165, 1.54) is 6.92 Å². The highest BCUT2D eigenvalue weighted by atomic mass is 32.2. The first-order chi connectivity index (χ1) is 9.79. The van der Waals surface area contributed by atoms with Crippen molar-refractivity contribution in [2.24, 2.45) is 0 Å². The topological polar surface area (TPSA) is 89.3 Å². The zero-order valence-corrected chi connectivity index (χ0v) is 13.7. The molecule has 1 aromatic carbocycles. The highest BCUT2D eigenvalue weighted by Crippen LogP contribution is 2.21. The van der Waals surface area contributed by atoms with Gasteiger partial charge in [0.25, 0.3) is 0 Å². The maximum absolute atomic E-state index is 12.1. The van der Waals surface area contributed by atoms with E-state index in [0.29, 0.717) is 17.8 Å². The van der Waals surface area contributed by atoms with Crippen molar-refractivity contribution in [1.29, 1.82) is 0 Å². The maximum Gasteiger partial charge on any atom is 0.242 e. The van der Waals surface area contributed by atoms with Crippen LogP contribution in [0.3, 0.4) is 0 Å². The largest absolute Gasteiger partial charge is 0.398 e. The van der Waals surface area contributed by atoms with Gasteiger partial charge < -0.3 is 11.1 Å². The average molecular weight is 312 g/mol. The first-order valence-electron chi connectivity index (χ1n) is 7.17. The van der Waals surface area contributed by atoms with E-state index < -0.39 is 21.0 Å². The second kappa shape index (κ2) is 7.45. The molecule has 6 heteroatoms. The number of nitrogens with two attached hydrogens (primary N) is 1. The number of hydrogen-bond acceptors (Lipinski definition) is 4. The van der Waals surface area contributed by atoms with Gasteiger partial charge in [-0.15, -0.1) is 0 Å². The predicted molar refractivity (Wildman–Crippen MR) is 87.0 cm³/mol. The summed E-state index contributed by atoms with van der Waals surface area (Å²) < 4.78 is 24.2. The molecular formula is C15H24N2O3S. The van der Waals surface area contributed by atoms with Gasteiger partial charge in [-0.1, -0.05) is 25.8 Å². The summed E-state index contributed by atoms with van der Waals surface area (Å²) >= 11 is 0. The lowest BCUT2D eigenvalue weighted by atomic mass is 10.1. The molecule has 0 bridgehead atoms. The third kappa shape index (κ3) is 4.74. The Bertz CT molecular complexity index is 597. The van der Waals surface area contributed by atoms with E-state index in [2.05, 4.69) is 5.32 Å². The van der Waals surface area contributed by atoms with Crippen LogP contribution in [0.4, 0.5) is 11.4 Å². The minimum atomic E-state index is -3.42. The fraction of sp³-hybridized carbons (Fsp3) is 0.533. The summed E-state index contributed by atoms with van der Waals surface area (Å²) in [5, 5.41) is 1.59. The minimum Gasteiger partial charge on any atom is -0.398 e. The maximum atomic E-state index is 12.1. The van der Waals surface area contributed by atoms with Gasteiger partial charge in [-0.25, -0.2) is 8.42 Å². The molecular weight excluding hydrogens is 288 g/mol. The fourth-order valence-corrected chi connectivity index (χ4v) is 3.26. The van der Waals surface area contributed by atoms with Gasteiger partial charge in [0.2, 0.25) is 5.91 Å². The van der Waals surface area contributed by atoms with E-state index in [4.69, 9.17) is 5.73 Å². The Morgan fingerprint density at radius 1 is 1.33 bits per heavy atom. The second-order valence-corrected chi connectivity index (χ2v) is 7.67. The van der Waals surface area contributed by atoms with Gasteiger partial charge in [-0.05, 0) is 38.0 Å². The van der Waals surface area contributed by atoms with Crippen LogP contribution in [0.2, 0.25) is 0 Å². The third-order valence-corrected chi connectivity index (χ3v) is 5.72. The SMILES string of the molecule is CCCCCS(=O)(=O)C(C)C(=O)Nc1cccc(N)c1C. The summed E-state index contributed by atoms with van der Waals surface area (Å²) in [7, 11) is -3.42. The van der Waals surface area contributed by atoms with Crippen molar-refractivity contribution in [3.63, 3.8) is 0 Å². The molecule has 1 atom stereocenters. The van der Waals surface area contributed by atoms with Crippen molar-refractivity contribution in [3.05, 3.63) is 23.8 Å². The Kier molecular flexibility index (Phi) is 6.20. The molecule has 0 saturated carbocycles. The Morgan fingerprint density at radius 2 is 2.00 bits per heavy atom. The number of amides is 1. The number of unbranched alkanes of at least 4 members (excludes halogenated alkanes) is 2. The van der Waals surface area contributed by atoms with Crippen LogP contribution in [0.5, 0.6) is 0 Å². The zero-order chi connectivity index (χ0) is 16.0. The average Bonchev–Trinajstić information content (AvgIpc) is 2.43. The number of nitrogen functional groups attached to an aromatic ring is 1. The van der Waals surface area contributed by atoms with Crippen LogP contribution in [-0.2, 0) is 14.6 Å². The number of benzene rings is 1. The molecule has 0 spiro atoms. The van der Waals surface area contributed by atoms with Crippen LogP contribution in [0.25, 0.3) is 0 Å². The number of hydrogen-bond donors (Lipinski definition) is 2. The van der Waals surface area contributed by atoms with E-state index in [0.717, 1.165) is 18.4 Å². The van der Waals surface area contributed by atoms with Gasteiger partial charge in [-0.3, -0.25) is 4.79 Å². The van der Waals surface area contributed by atoms with E-state index in [1.54, 1.807) is 25.1 Å². The summed E-state index contributed by atoms with van der Waals surface area (Å²) in [4.78, 5) is 12.1. The molecule has 1 amide bonds. The predicted octanol–water partition coefficient (Wildman–Crippen LogP) is 2.51. The third-order valence-electron chi connectivity index (χ3n) is 3.57. The van der Waals surface area contributed by atoms with Crippen LogP contribution in [-0.4, -0.2) is 25.3 Å². The first kappa shape index (κ1) is 17.5. The van der Waals surface area contributed by atoms with Gasteiger partial charge in [0.05, 0.1) is 5.75 Å². The van der Waals surface area contributed by atoms with Crippen molar-refractivity contribution >= 4 is 27.1 Å². The molecule has 0 aliphatic heterocycles. The molecule has 21 heavy (non-hydrogen) atoms. The van der Waals surface area contributed by atoms with Gasteiger partial charge >= 0.3 is 0 Å². The smallest absolute Gasteiger partial charge is 0.242 e. The fourth-order valence-electron chi connectivity index (χ4n) is 1.92. The van der Waals surface area contributed by atoms with Gasteiger partial charge in [-0.2, -0.15) is 0 Å². The lowest BCUT2D eigenvalue weighted by molar-refractivity contribution is -0.115. The number of carbonyl (C=O) groups is 1. The number of nitrogens with one attached hydrogen (secondary N) is 1. The highest BCUT2D eigenvalue weighted by molar-refractivity contribution is 7.92. The lowest BCUT2D eigenvalue weighted by Gasteiger charge is -2.15. The number of rotatable bonds is 7. The standard InChI is InChI=1S/C15H24N2O3S/c1-4-5-6-10-21(19,20)12(3)15(18)17-14-9-7-8-13(16)11(14)2/h7-9,12H,4-6,10,16H2,1-3H3,(H,17,18). The van der Waals surface area contributed by atoms with Gasteiger partial charge in [0.1, 0.15) is 5.25 Å².